The van der Waals surface area contributed by atoms with Gasteiger partial charge in [0.15, 0.2) is 6.61 Å². The third kappa shape index (κ3) is 7.84. The highest BCUT2D eigenvalue weighted by molar-refractivity contribution is 9.10. The number of benzene rings is 3. The summed E-state index contributed by atoms with van der Waals surface area (Å²) in [6.07, 6.45) is 5.79. The molecule has 0 aliphatic heterocycles. The molecule has 0 saturated heterocycles. The molecule has 2 amide bonds. The molecule has 5 nitrogen and oxygen atoms in total. The highest BCUT2D eigenvalue weighted by Gasteiger charge is 2.32. The van der Waals surface area contributed by atoms with Crippen LogP contribution in [-0.4, -0.2) is 35.4 Å². The van der Waals surface area contributed by atoms with Crippen molar-refractivity contribution >= 4 is 39.3 Å². The lowest BCUT2D eigenvalue weighted by Crippen LogP contribution is -2.53. The minimum absolute atomic E-state index is 0.121. The number of nitrogens with one attached hydrogen (secondary N) is 1. The summed E-state index contributed by atoms with van der Waals surface area (Å²) < 4.78 is 6.68. The lowest BCUT2D eigenvalue weighted by atomic mass is 9.94. The van der Waals surface area contributed by atoms with Gasteiger partial charge in [-0.1, -0.05) is 101 Å². The molecule has 1 N–H and O–H groups in total. The van der Waals surface area contributed by atoms with Gasteiger partial charge in [0.2, 0.25) is 5.91 Å². The van der Waals surface area contributed by atoms with Crippen molar-refractivity contribution in [3.63, 3.8) is 0 Å². The Morgan fingerprint density at radius 1 is 1.03 bits per heavy atom. The van der Waals surface area contributed by atoms with Crippen LogP contribution in [0.5, 0.6) is 5.75 Å². The standard InChI is InChI=1S/C31H34BrClN2O3/c1-22-10-8-9-13-24(22)20-35(30(36)21-38-29-17-16-25(32)19-27(29)33)28(18-23-11-4-2-5-12-23)31(37)34-26-14-6-3-7-15-26/h2,4-5,8-13,16-17,19,26,28H,3,6-7,14-15,18,20-21H2,1H3,(H,34,37)/t28-/m0/s1. The number of rotatable bonds is 10. The summed E-state index contributed by atoms with van der Waals surface area (Å²) in [6, 6.07) is 22.5. The molecule has 200 valence electrons. The summed E-state index contributed by atoms with van der Waals surface area (Å²) in [5.41, 5.74) is 3.05. The van der Waals surface area contributed by atoms with Crippen LogP contribution in [0.4, 0.5) is 0 Å². The molecule has 0 unspecified atom stereocenters. The molecule has 38 heavy (non-hydrogen) atoms. The van der Waals surface area contributed by atoms with Crippen molar-refractivity contribution in [1.29, 1.82) is 0 Å². The smallest absolute Gasteiger partial charge is 0.261 e. The van der Waals surface area contributed by atoms with Crippen LogP contribution in [0.25, 0.3) is 0 Å². The Kier molecular flexibility index (Phi) is 10.2. The van der Waals surface area contributed by atoms with Gasteiger partial charge in [-0.15, -0.1) is 0 Å². The second-order valence-electron chi connectivity index (χ2n) is 9.86. The Balaban J connectivity index is 1.62. The van der Waals surface area contributed by atoms with E-state index in [1.807, 2.05) is 67.6 Å². The molecule has 3 aromatic rings. The number of carbonyl (C=O) groups is 2. The van der Waals surface area contributed by atoms with Crippen LogP contribution >= 0.6 is 27.5 Å². The molecule has 0 bridgehead atoms. The average Bonchev–Trinajstić information content (AvgIpc) is 2.92. The van der Waals surface area contributed by atoms with E-state index in [0.29, 0.717) is 23.7 Å². The zero-order valence-electron chi connectivity index (χ0n) is 21.7. The van der Waals surface area contributed by atoms with Crippen LogP contribution < -0.4 is 10.1 Å². The molecular formula is C31H34BrClN2O3. The van der Waals surface area contributed by atoms with Crippen molar-refractivity contribution in [3.8, 4) is 5.75 Å². The van der Waals surface area contributed by atoms with Crippen molar-refractivity contribution in [2.75, 3.05) is 6.61 Å². The number of aryl methyl sites for hydroxylation is 1. The number of amides is 2. The monoisotopic (exact) mass is 596 g/mol. The maximum Gasteiger partial charge on any atom is 0.261 e. The predicted molar refractivity (Wildman–Crippen MR) is 155 cm³/mol. The van der Waals surface area contributed by atoms with Gasteiger partial charge in [0.1, 0.15) is 11.8 Å². The van der Waals surface area contributed by atoms with Crippen LogP contribution in [0.3, 0.4) is 0 Å². The van der Waals surface area contributed by atoms with Crippen LogP contribution in [0, 0.1) is 6.92 Å². The first-order chi connectivity index (χ1) is 18.4. The van der Waals surface area contributed by atoms with E-state index in [4.69, 9.17) is 16.3 Å². The summed E-state index contributed by atoms with van der Waals surface area (Å²) in [5.74, 6) is 0.0293. The number of carbonyl (C=O) groups excluding carboxylic acids is 2. The van der Waals surface area contributed by atoms with Gasteiger partial charge in [0, 0.05) is 23.5 Å². The fourth-order valence-electron chi connectivity index (χ4n) is 4.88. The molecule has 1 atom stereocenters. The number of ether oxygens (including phenoxy) is 1. The van der Waals surface area contributed by atoms with Gasteiger partial charge in [-0.3, -0.25) is 9.59 Å². The Morgan fingerprint density at radius 3 is 2.45 bits per heavy atom. The fraction of sp³-hybridized carbons (Fsp3) is 0.355. The summed E-state index contributed by atoms with van der Waals surface area (Å²) in [7, 11) is 0. The SMILES string of the molecule is Cc1ccccc1CN(C(=O)COc1ccc(Br)cc1Cl)[C@@H](Cc1ccccc1)C(=O)NC1CCCCC1. The fourth-order valence-corrected chi connectivity index (χ4v) is 5.61. The van der Waals surface area contributed by atoms with E-state index in [-0.39, 0.29) is 24.5 Å². The summed E-state index contributed by atoms with van der Waals surface area (Å²) in [5, 5.41) is 3.67. The molecule has 4 rings (SSSR count). The second kappa shape index (κ2) is 13.8. The molecule has 1 aliphatic carbocycles. The van der Waals surface area contributed by atoms with Crippen molar-refractivity contribution in [2.45, 2.75) is 64.1 Å². The third-order valence-corrected chi connectivity index (χ3v) is 7.86. The topological polar surface area (TPSA) is 58.6 Å². The summed E-state index contributed by atoms with van der Waals surface area (Å²) in [4.78, 5) is 29.3. The van der Waals surface area contributed by atoms with E-state index >= 15 is 0 Å². The summed E-state index contributed by atoms with van der Waals surface area (Å²) in [6.45, 7) is 2.10. The normalized spacial score (nSPS) is 14.5. The highest BCUT2D eigenvalue weighted by Crippen LogP contribution is 2.28. The zero-order chi connectivity index (χ0) is 26.9. The number of hydrogen-bond donors (Lipinski definition) is 1. The first-order valence-electron chi connectivity index (χ1n) is 13.2. The molecule has 0 heterocycles. The Bertz CT molecular complexity index is 1230. The van der Waals surface area contributed by atoms with E-state index in [2.05, 4.69) is 21.2 Å². The molecule has 0 spiro atoms. The van der Waals surface area contributed by atoms with Gasteiger partial charge in [-0.2, -0.15) is 0 Å². The molecule has 1 saturated carbocycles. The van der Waals surface area contributed by atoms with Crippen molar-refractivity contribution in [1.82, 2.24) is 10.2 Å². The van der Waals surface area contributed by atoms with Crippen LogP contribution in [0.1, 0.15) is 48.8 Å². The maximum absolute atomic E-state index is 13.8. The Labute approximate surface area is 238 Å². The van der Waals surface area contributed by atoms with Crippen LogP contribution in [-0.2, 0) is 22.6 Å². The molecule has 7 heteroatoms. The third-order valence-electron chi connectivity index (χ3n) is 7.07. The lowest BCUT2D eigenvalue weighted by Gasteiger charge is -2.33. The molecule has 1 aliphatic rings. The first kappa shape index (κ1) is 28.2. The van der Waals surface area contributed by atoms with Crippen LogP contribution in [0.15, 0.2) is 77.3 Å². The predicted octanol–water partition coefficient (Wildman–Crippen LogP) is 6.88. The molecule has 1 fully saturated rings. The molecule has 0 radical (unpaired) electrons. The summed E-state index contributed by atoms with van der Waals surface area (Å²) >= 11 is 9.72. The van der Waals surface area contributed by atoms with Gasteiger partial charge >= 0.3 is 0 Å². The quantitative estimate of drug-likeness (QED) is 0.277. The zero-order valence-corrected chi connectivity index (χ0v) is 24.0. The van der Waals surface area contributed by atoms with E-state index in [0.717, 1.165) is 46.8 Å². The van der Waals surface area contributed by atoms with E-state index in [1.54, 1.807) is 17.0 Å². The number of halogens is 2. The minimum atomic E-state index is -0.685. The second-order valence-corrected chi connectivity index (χ2v) is 11.2. The Morgan fingerprint density at radius 2 is 1.74 bits per heavy atom. The van der Waals surface area contributed by atoms with E-state index in [1.165, 1.54) is 6.42 Å². The highest BCUT2D eigenvalue weighted by atomic mass is 79.9. The van der Waals surface area contributed by atoms with E-state index < -0.39 is 6.04 Å². The Hall–Kier alpha value is -2.83. The van der Waals surface area contributed by atoms with Crippen molar-refractivity contribution in [3.05, 3.63) is 99.0 Å². The largest absolute Gasteiger partial charge is 0.482 e. The van der Waals surface area contributed by atoms with Crippen molar-refractivity contribution < 1.29 is 14.3 Å². The first-order valence-corrected chi connectivity index (χ1v) is 14.3. The average molecular weight is 598 g/mol. The number of hydrogen-bond acceptors (Lipinski definition) is 3. The van der Waals surface area contributed by atoms with Gasteiger partial charge in [0.05, 0.1) is 5.02 Å². The molecule has 0 aromatic heterocycles. The maximum atomic E-state index is 13.8. The van der Waals surface area contributed by atoms with Gasteiger partial charge < -0.3 is 15.0 Å². The van der Waals surface area contributed by atoms with Gasteiger partial charge in [0.25, 0.3) is 5.91 Å². The minimum Gasteiger partial charge on any atom is -0.482 e. The number of nitrogens with zero attached hydrogens (tertiary/aromatic N) is 1. The van der Waals surface area contributed by atoms with E-state index in [9.17, 15) is 9.59 Å². The van der Waals surface area contributed by atoms with Crippen LogP contribution in [0.2, 0.25) is 5.02 Å². The lowest BCUT2D eigenvalue weighted by molar-refractivity contribution is -0.143. The van der Waals surface area contributed by atoms with Crippen molar-refractivity contribution in [2.24, 2.45) is 0 Å². The molecular weight excluding hydrogens is 564 g/mol. The van der Waals surface area contributed by atoms with Gasteiger partial charge in [-0.25, -0.2) is 0 Å². The van der Waals surface area contributed by atoms with Gasteiger partial charge in [-0.05, 0) is 54.7 Å². The molecule has 3 aromatic carbocycles.